The second-order valence-electron chi connectivity index (χ2n) is 7.81. The number of carbonyl (C=O) groups excluding carboxylic acids is 2. The summed E-state index contributed by atoms with van der Waals surface area (Å²) in [7, 11) is 3.11. The van der Waals surface area contributed by atoms with Crippen molar-refractivity contribution in [2.45, 2.75) is 39.3 Å². The minimum atomic E-state index is -0.402. The number of guanidine groups is 1. The number of hydrogen-bond donors (Lipinski definition) is 1. The molecule has 9 heteroatoms. The number of nitrogens with zero attached hydrogens (tertiary/aromatic N) is 4. The van der Waals surface area contributed by atoms with Gasteiger partial charge in [-0.2, -0.15) is 0 Å². The van der Waals surface area contributed by atoms with E-state index in [9.17, 15) is 9.59 Å². The highest BCUT2D eigenvalue weighted by molar-refractivity contribution is 5.90. The van der Waals surface area contributed by atoms with E-state index in [0.29, 0.717) is 23.6 Å². The average molecular weight is 420 g/mol. The molecule has 2 aliphatic heterocycles. The Morgan fingerprint density at radius 1 is 1.17 bits per heavy atom. The van der Waals surface area contributed by atoms with Crippen molar-refractivity contribution >= 4 is 17.8 Å². The lowest BCUT2D eigenvalue weighted by atomic mass is 10.2. The lowest BCUT2D eigenvalue weighted by Gasteiger charge is -2.39. The predicted molar refractivity (Wildman–Crippen MR) is 113 cm³/mol. The van der Waals surface area contributed by atoms with E-state index in [1.54, 1.807) is 20.0 Å². The summed E-state index contributed by atoms with van der Waals surface area (Å²) in [6.45, 7) is 9.18. The number of amides is 1. The molecule has 166 valence electrons. The van der Waals surface area contributed by atoms with Crippen LogP contribution in [-0.2, 0) is 16.1 Å². The summed E-state index contributed by atoms with van der Waals surface area (Å²) < 4.78 is 10.4. The first-order chi connectivity index (χ1) is 14.4. The molecule has 1 aromatic heterocycles. The van der Waals surface area contributed by atoms with Crippen LogP contribution in [0.15, 0.2) is 15.5 Å². The molecule has 0 saturated carbocycles. The maximum atomic E-state index is 12.7. The summed E-state index contributed by atoms with van der Waals surface area (Å²) >= 11 is 0. The van der Waals surface area contributed by atoms with Crippen LogP contribution >= 0.6 is 0 Å². The first-order valence-electron chi connectivity index (χ1n) is 10.6. The Morgan fingerprint density at radius 3 is 2.43 bits per heavy atom. The van der Waals surface area contributed by atoms with E-state index >= 15 is 0 Å². The molecule has 1 N–H and O–H groups in total. The zero-order valence-corrected chi connectivity index (χ0v) is 18.4. The Morgan fingerprint density at radius 2 is 1.83 bits per heavy atom. The highest BCUT2D eigenvalue weighted by Gasteiger charge is 2.30. The Balaban J connectivity index is 1.50. The molecule has 3 heterocycles. The molecule has 9 nitrogen and oxygen atoms in total. The molecule has 1 atom stereocenters. The zero-order chi connectivity index (χ0) is 21.7. The average Bonchev–Trinajstić information content (AvgIpc) is 3.43. The Labute approximate surface area is 178 Å². The van der Waals surface area contributed by atoms with Gasteiger partial charge in [0.15, 0.2) is 5.96 Å². The molecule has 0 aromatic carbocycles. The highest BCUT2D eigenvalue weighted by atomic mass is 16.5. The van der Waals surface area contributed by atoms with Gasteiger partial charge in [0.1, 0.15) is 17.1 Å². The predicted octanol–water partition coefficient (Wildman–Crippen LogP) is 1.08. The van der Waals surface area contributed by atoms with Gasteiger partial charge in [-0.1, -0.05) is 0 Å². The molecule has 0 bridgehead atoms. The van der Waals surface area contributed by atoms with Crippen LogP contribution in [0.25, 0.3) is 0 Å². The van der Waals surface area contributed by atoms with E-state index in [2.05, 4.69) is 20.1 Å². The summed E-state index contributed by atoms with van der Waals surface area (Å²) in [4.78, 5) is 35.2. The van der Waals surface area contributed by atoms with Crippen molar-refractivity contribution < 1.29 is 18.7 Å². The number of nitrogens with one attached hydrogen (secondary N) is 1. The molecule has 2 saturated heterocycles. The van der Waals surface area contributed by atoms with Gasteiger partial charge >= 0.3 is 5.97 Å². The van der Waals surface area contributed by atoms with Crippen molar-refractivity contribution in [3.8, 4) is 0 Å². The Hall–Kier alpha value is -2.55. The summed E-state index contributed by atoms with van der Waals surface area (Å²) in [5, 5.41) is 3.30. The Bertz CT molecular complexity index is 776. The van der Waals surface area contributed by atoms with Crippen molar-refractivity contribution in [3.63, 3.8) is 0 Å². The Kier molecular flexibility index (Phi) is 7.36. The van der Waals surface area contributed by atoms with Crippen molar-refractivity contribution in [2.75, 3.05) is 53.4 Å². The van der Waals surface area contributed by atoms with Gasteiger partial charge < -0.3 is 24.3 Å². The number of ether oxygens (including phenoxy) is 1. The second kappa shape index (κ2) is 9.97. The van der Waals surface area contributed by atoms with Crippen LogP contribution in [0, 0.1) is 6.92 Å². The maximum Gasteiger partial charge on any atom is 0.341 e. The molecule has 3 rings (SSSR count). The van der Waals surface area contributed by atoms with Gasteiger partial charge in [0.2, 0.25) is 5.91 Å². The molecule has 0 aliphatic carbocycles. The van der Waals surface area contributed by atoms with Crippen LogP contribution in [-0.4, -0.2) is 92.0 Å². The third-order valence-corrected chi connectivity index (χ3v) is 5.94. The summed E-state index contributed by atoms with van der Waals surface area (Å²) in [6.07, 6.45) is 2.23. The molecule has 2 aliphatic rings. The quantitative estimate of drug-likeness (QED) is 0.434. The number of hydrogen-bond acceptors (Lipinski definition) is 6. The minimum Gasteiger partial charge on any atom is -0.465 e. The van der Waals surface area contributed by atoms with Crippen LogP contribution in [0.1, 0.15) is 41.6 Å². The second-order valence-corrected chi connectivity index (χ2v) is 7.81. The molecular weight excluding hydrogens is 386 g/mol. The van der Waals surface area contributed by atoms with Crippen molar-refractivity contribution in [3.05, 3.63) is 23.2 Å². The minimum absolute atomic E-state index is 0.0805. The largest absolute Gasteiger partial charge is 0.465 e. The number of furan rings is 1. The first-order valence-corrected chi connectivity index (χ1v) is 10.6. The fourth-order valence-electron chi connectivity index (χ4n) is 4.12. The van der Waals surface area contributed by atoms with Crippen molar-refractivity contribution in [2.24, 2.45) is 4.99 Å². The molecule has 0 spiro atoms. The topological polar surface area (TPSA) is 90.6 Å². The molecule has 30 heavy (non-hydrogen) atoms. The standard InChI is InChI=1S/C21H33N5O4/c1-15(19(27)25-7-5-6-8-25)24-9-11-26(12-10-24)21(22-3)23-14-17-13-18(16(2)30-17)20(28)29-4/h13,15H,5-12,14H2,1-4H3,(H,22,23). The third-order valence-electron chi connectivity index (χ3n) is 5.94. The molecule has 1 aromatic rings. The monoisotopic (exact) mass is 419 g/mol. The van der Waals surface area contributed by atoms with Crippen molar-refractivity contribution in [1.29, 1.82) is 0 Å². The van der Waals surface area contributed by atoms with Crippen LogP contribution < -0.4 is 5.32 Å². The van der Waals surface area contributed by atoms with E-state index in [4.69, 9.17) is 9.15 Å². The van der Waals surface area contributed by atoms with Crippen molar-refractivity contribution in [1.82, 2.24) is 20.0 Å². The lowest BCUT2D eigenvalue weighted by molar-refractivity contribution is -0.135. The number of esters is 1. The molecule has 0 radical (unpaired) electrons. The van der Waals surface area contributed by atoms with E-state index in [-0.39, 0.29) is 11.9 Å². The highest BCUT2D eigenvalue weighted by Crippen LogP contribution is 2.16. The molecule has 1 unspecified atom stereocenters. The van der Waals surface area contributed by atoms with Gasteiger partial charge in [-0.15, -0.1) is 0 Å². The fraction of sp³-hybridized carbons (Fsp3) is 0.667. The number of aryl methyl sites for hydroxylation is 1. The lowest BCUT2D eigenvalue weighted by Crippen LogP contribution is -2.57. The smallest absolute Gasteiger partial charge is 0.341 e. The van der Waals surface area contributed by atoms with Gasteiger partial charge in [0, 0.05) is 46.3 Å². The van der Waals surface area contributed by atoms with Crippen LogP contribution in [0.3, 0.4) is 0 Å². The van der Waals surface area contributed by atoms with Gasteiger partial charge in [-0.3, -0.25) is 14.7 Å². The number of carbonyl (C=O) groups is 2. The van der Waals surface area contributed by atoms with E-state index in [0.717, 1.165) is 58.1 Å². The summed E-state index contributed by atoms with van der Waals surface area (Å²) in [5.74, 6) is 1.82. The number of methoxy groups -OCH3 is 1. The van der Waals surface area contributed by atoms with E-state index < -0.39 is 5.97 Å². The number of likely N-dealkylation sites (tertiary alicyclic amines) is 1. The summed E-state index contributed by atoms with van der Waals surface area (Å²) in [6, 6.07) is 1.62. The summed E-state index contributed by atoms with van der Waals surface area (Å²) in [5.41, 5.74) is 0.439. The van der Waals surface area contributed by atoms with Gasteiger partial charge in [0.05, 0.1) is 19.7 Å². The first kappa shape index (κ1) is 22.1. The van der Waals surface area contributed by atoms with Crippen LogP contribution in [0.2, 0.25) is 0 Å². The molecular formula is C21H33N5O4. The van der Waals surface area contributed by atoms with E-state index in [1.165, 1.54) is 7.11 Å². The zero-order valence-electron chi connectivity index (χ0n) is 18.4. The maximum absolute atomic E-state index is 12.7. The molecule has 1 amide bonds. The SMILES string of the molecule is CN=C(NCc1cc(C(=O)OC)c(C)o1)N1CCN(C(C)C(=O)N2CCCC2)CC1. The third kappa shape index (κ3) is 4.95. The number of aliphatic imine (C=N–C) groups is 1. The number of rotatable bonds is 5. The van der Waals surface area contributed by atoms with Crippen LogP contribution in [0.5, 0.6) is 0 Å². The van der Waals surface area contributed by atoms with Gasteiger partial charge in [-0.25, -0.2) is 4.79 Å². The van der Waals surface area contributed by atoms with Gasteiger partial charge in [0.25, 0.3) is 0 Å². The van der Waals surface area contributed by atoms with Gasteiger partial charge in [-0.05, 0) is 32.8 Å². The van der Waals surface area contributed by atoms with E-state index in [1.807, 2.05) is 11.8 Å². The fourth-order valence-corrected chi connectivity index (χ4v) is 4.12. The molecule has 2 fully saturated rings. The van der Waals surface area contributed by atoms with Crippen LogP contribution in [0.4, 0.5) is 0 Å². The normalized spacial score (nSPS) is 19.1. The number of piperazine rings is 1.